The number of benzene rings is 1. The first-order valence-corrected chi connectivity index (χ1v) is 7.45. The van der Waals surface area contributed by atoms with E-state index in [4.69, 9.17) is 4.74 Å². The van der Waals surface area contributed by atoms with Crippen molar-refractivity contribution in [1.29, 1.82) is 0 Å². The van der Waals surface area contributed by atoms with Gasteiger partial charge in [-0.15, -0.1) is 0 Å². The van der Waals surface area contributed by atoms with Crippen LogP contribution in [-0.2, 0) is 14.3 Å². The van der Waals surface area contributed by atoms with Gasteiger partial charge in [-0.25, -0.2) is 9.59 Å². The molecular formula is C16H20BrNO4. The quantitative estimate of drug-likeness (QED) is 0.648. The maximum atomic E-state index is 12.0. The Balaban J connectivity index is 3.01. The predicted octanol–water partition coefficient (Wildman–Crippen LogP) is 3.74. The first-order chi connectivity index (χ1) is 10.1. The van der Waals surface area contributed by atoms with Gasteiger partial charge in [-0.2, -0.15) is 0 Å². The van der Waals surface area contributed by atoms with E-state index >= 15 is 0 Å². The maximum absolute atomic E-state index is 12.0. The number of ether oxygens (including phenoxy) is 2. The second kappa shape index (κ2) is 7.45. The number of carbonyl (C=O) groups excluding carboxylic acids is 2. The van der Waals surface area contributed by atoms with Gasteiger partial charge in [0.2, 0.25) is 0 Å². The largest absolute Gasteiger partial charge is 0.466 e. The zero-order chi connectivity index (χ0) is 16.9. The lowest BCUT2D eigenvalue weighted by molar-refractivity contribution is -0.136. The van der Waals surface area contributed by atoms with Crippen LogP contribution in [0.25, 0.3) is 0 Å². The van der Waals surface area contributed by atoms with Crippen LogP contribution in [0.4, 0.5) is 4.79 Å². The van der Waals surface area contributed by atoms with Crippen molar-refractivity contribution >= 4 is 28.0 Å². The monoisotopic (exact) mass is 369 g/mol. The molecule has 0 saturated heterocycles. The van der Waals surface area contributed by atoms with Crippen LogP contribution in [0.3, 0.4) is 0 Å². The van der Waals surface area contributed by atoms with Crippen molar-refractivity contribution in [3.63, 3.8) is 0 Å². The Morgan fingerprint density at radius 3 is 2.23 bits per heavy atom. The summed E-state index contributed by atoms with van der Waals surface area (Å²) in [5.41, 5.74) is 0.182. The molecule has 0 radical (unpaired) electrons. The molecule has 0 spiro atoms. The van der Waals surface area contributed by atoms with Gasteiger partial charge in [-0.05, 0) is 38.5 Å². The summed E-state index contributed by atoms with van der Waals surface area (Å²) >= 11 is 3.34. The topological polar surface area (TPSA) is 64.6 Å². The standard InChI is InChI=1S/C16H20BrNO4/c1-10(14(19)21-5)13(11-6-8-12(17)9-7-11)18-15(20)22-16(2,3)4/h6-9,13H,1H2,2-5H3,(H,18,20). The van der Waals surface area contributed by atoms with Crippen molar-refractivity contribution in [2.24, 2.45) is 0 Å². The normalized spacial score (nSPS) is 12.2. The zero-order valence-corrected chi connectivity index (χ0v) is 14.7. The van der Waals surface area contributed by atoms with Crippen molar-refractivity contribution < 1.29 is 19.1 Å². The van der Waals surface area contributed by atoms with Gasteiger partial charge in [0.25, 0.3) is 0 Å². The summed E-state index contributed by atoms with van der Waals surface area (Å²) in [7, 11) is 1.26. The average molecular weight is 370 g/mol. The molecule has 0 aliphatic heterocycles. The SMILES string of the molecule is C=C(C(=O)OC)C(NC(=O)OC(C)(C)C)c1ccc(Br)cc1. The van der Waals surface area contributed by atoms with E-state index < -0.39 is 23.7 Å². The van der Waals surface area contributed by atoms with Gasteiger partial charge in [-0.3, -0.25) is 0 Å². The van der Waals surface area contributed by atoms with E-state index in [1.807, 2.05) is 12.1 Å². The molecule has 1 aromatic rings. The summed E-state index contributed by atoms with van der Waals surface area (Å²) < 4.78 is 10.8. The molecule has 0 fully saturated rings. The number of amides is 1. The van der Waals surface area contributed by atoms with E-state index in [1.165, 1.54) is 7.11 Å². The van der Waals surface area contributed by atoms with Crippen LogP contribution in [0.5, 0.6) is 0 Å². The third kappa shape index (κ3) is 5.52. The molecule has 0 aliphatic carbocycles. The highest BCUT2D eigenvalue weighted by atomic mass is 79.9. The highest BCUT2D eigenvalue weighted by Gasteiger charge is 2.26. The Kier molecular flexibility index (Phi) is 6.17. The summed E-state index contributed by atoms with van der Waals surface area (Å²) in [4.78, 5) is 23.7. The lowest BCUT2D eigenvalue weighted by Gasteiger charge is -2.24. The minimum absolute atomic E-state index is 0.121. The van der Waals surface area contributed by atoms with Crippen molar-refractivity contribution in [3.8, 4) is 0 Å². The maximum Gasteiger partial charge on any atom is 0.408 e. The zero-order valence-electron chi connectivity index (χ0n) is 13.1. The van der Waals surface area contributed by atoms with Crippen molar-refractivity contribution in [2.45, 2.75) is 32.4 Å². The molecular weight excluding hydrogens is 350 g/mol. The van der Waals surface area contributed by atoms with Crippen LogP contribution in [0.15, 0.2) is 40.9 Å². The Hall–Kier alpha value is -1.82. The number of methoxy groups -OCH3 is 1. The van der Waals surface area contributed by atoms with E-state index in [1.54, 1.807) is 32.9 Å². The summed E-state index contributed by atoms with van der Waals surface area (Å²) in [5.74, 6) is -0.594. The van der Waals surface area contributed by atoms with Crippen molar-refractivity contribution in [3.05, 3.63) is 46.5 Å². The third-order valence-electron chi connectivity index (χ3n) is 2.66. The van der Waals surface area contributed by atoms with E-state index in [0.717, 1.165) is 4.47 Å². The molecule has 1 N–H and O–H groups in total. The highest BCUT2D eigenvalue weighted by molar-refractivity contribution is 9.10. The second-order valence-corrected chi connectivity index (χ2v) is 6.56. The Morgan fingerprint density at radius 1 is 1.23 bits per heavy atom. The first-order valence-electron chi connectivity index (χ1n) is 6.66. The van der Waals surface area contributed by atoms with Crippen LogP contribution < -0.4 is 5.32 Å². The lowest BCUT2D eigenvalue weighted by Crippen LogP contribution is -2.36. The van der Waals surface area contributed by atoms with Crippen LogP contribution >= 0.6 is 15.9 Å². The second-order valence-electron chi connectivity index (χ2n) is 5.65. The molecule has 22 heavy (non-hydrogen) atoms. The first kappa shape index (κ1) is 18.2. The average Bonchev–Trinajstić information content (AvgIpc) is 2.42. The van der Waals surface area contributed by atoms with E-state index in [-0.39, 0.29) is 5.57 Å². The third-order valence-corrected chi connectivity index (χ3v) is 3.19. The smallest absolute Gasteiger partial charge is 0.408 e. The lowest BCUT2D eigenvalue weighted by atomic mass is 10.00. The van der Waals surface area contributed by atoms with Gasteiger partial charge in [0, 0.05) is 4.47 Å². The van der Waals surface area contributed by atoms with Gasteiger partial charge in [-0.1, -0.05) is 34.6 Å². The fraction of sp³-hybridized carbons (Fsp3) is 0.375. The number of alkyl carbamates (subject to hydrolysis) is 1. The summed E-state index contributed by atoms with van der Waals surface area (Å²) in [6.07, 6.45) is -0.634. The fourth-order valence-corrected chi connectivity index (χ4v) is 1.97. The molecule has 0 bridgehead atoms. The molecule has 120 valence electrons. The molecule has 1 rings (SSSR count). The molecule has 0 aromatic heterocycles. The van der Waals surface area contributed by atoms with Crippen molar-refractivity contribution in [2.75, 3.05) is 7.11 Å². The highest BCUT2D eigenvalue weighted by Crippen LogP contribution is 2.24. The Labute approximate surface area is 138 Å². The molecule has 0 heterocycles. The molecule has 6 heteroatoms. The Morgan fingerprint density at radius 2 is 1.77 bits per heavy atom. The number of esters is 1. The number of hydrogen-bond donors (Lipinski definition) is 1. The Bertz CT molecular complexity index is 561. The van der Waals surface area contributed by atoms with Crippen LogP contribution in [0, 0.1) is 0 Å². The van der Waals surface area contributed by atoms with Crippen LogP contribution in [0.1, 0.15) is 32.4 Å². The summed E-state index contributed by atoms with van der Waals surface area (Å²) in [6, 6.07) is 6.45. The number of rotatable bonds is 4. The summed E-state index contributed by atoms with van der Waals surface area (Å²) in [6.45, 7) is 9.00. The van der Waals surface area contributed by atoms with Gasteiger partial charge in [0.1, 0.15) is 5.60 Å². The molecule has 1 atom stereocenters. The fourth-order valence-electron chi connectivity index (χ4n) is 1.70. The van der Waals surface area contributed by atoms with Crippen LogP contribution in [-0.4, -0.2) is 24.8 Å². The minimum Gasteiger partial charge on any atom is -0.466 e. The number of hydrogen-bond acceptors (Lipinski definition) is 4. The molecule has 1 unspecified atom stereocenters. The summed E-state index contributed by atoms with van der Waals surface area (Å²) in [5, 5.41) is 2.65. The molecule has 5 nitrogen and oxygen atoms in total. The molecule has 1 aromatic carbocycles. The minimum atomic E-state index is -0.726. The predicted molar refractivity (Wildman–Crippen MR) is 87.4 cm³/mol. The van der Waals surface area contributed by atoms with Gasteiger partial charge in [0.15, 0.2) is 0 Å². The number of halogens is 1. The van der Waals surface area contributed by atoms with Gasteiger partial charge in [0.05, 0.1) is 18.7 Å². The van der Waals surface area contributed by atoms with Crippen molar-refractivity contribution in [1.82, 2.24) is 5.32 Å². The van der Waals surface area contributed by atoms with Gasteiger partial charge < -0.3 is 14.8 Å². The van der Waals surface area contributed by atoms with E-state index in [2.05, 4.69) is 32.6 Å². The van der Waals surface area contributed by atoms with Gasteiger partial charge >= 0.3 is 12.1 Å². The van der Waals surface area contributed by atoms with Crippen LogP contribution in [0.2, 0.25) is 0 Å². The van der Waals surface area contributed by atoms with E-state index in [9.17, 15) is 9.59 Å². The molecule has 0 saturated carbocycles. The number of nitrogens with one attached hydrogen (secondary N) is 1. The molecule has 1 amide bonds. The molecule has 0 aliphatic rings. The number of carbonyl (C=O) groups is 2. The van der Waals surface area contributed by atoms with E-state index in [0.29, 0.717) is 5.56 Å².